The van der Waals surface area contributed by atoms with Gasteiger partial charge in [-0.3, -0.25) is 4.79 Å². The second kappa shape index (κ2) is 10.4. The van der Waals surface area contributed by atoms with E-state index in [1.165, 1.54) is 30.7 Å². The second-order valence-electron chi connectivity index (χ2n) is 9.95. The van der Waals surface area contributed by atoms with E-state index >= 15 is 0 Å². The lowest BCUT2D eigenvalue weighted by Gasteiger charge is -2.41. The van der Waals surface area contributed by atoms with E-state index in [2.05, 4.69) is 5.10 Å². The molecule has 1 atom stereocenters. The Morgan fingerprint density at radius 1 is 0.974 bits per heavy atom. The van der Waals surface area contributed by atoms with Gasteiger partial charge < -0.3 is 9.84 Å². The zero-order chi connectivity index (χ0) is 28.6. The summed E-state index contributed by atoms with van der Waals surface area (Å²) in [7, 11) is 0. The Bertz CT molecular complexity index is 1210. The highest BCUT2D eigenvalue weighted by atomic mass is 19.4. The van der Waals surface area contributed by atoms with Crippen molar-refractivity contribution in [3.05, 3.63) is 65.2 Å². The van der Waals surface area contributed by atoms with Crippen molar-refractivity contribution in [1.29, 1.82) is 0 Å². The van der Waals surface area contributed by atoms with Crippen molar-refractivity contribution in [3.8, 4) is 5.75 Å². The molecule has 2 aromatic rings. The molecular weight excluding hydrogens is 533 g/mol. The fourth-order valence-corrected chi connectivity index (χ4v) is 4.87. The molecule has 0 aromatic heterocycles. The predicted octanol–water partition coefficient (Wildman–Crippen LogP) is 6.58. The third-order valence-corrected chi connectivity index (χ3v) is 7.18. The van der Waals surface area contributed by atoms with Crippen molar-refractivity contribution in [2.45, 2.75) is 75.1 Å². The zero-order valence-electron chi connectivity index (χ0n) is 20.9. The molecule has 0 bridgehead atoms. The summed E-state index contributed by atoms with van der Waals surface area (Å²) in [5.74, 6) is -13.9. The molecule has 0 unspecified atom stereocenters. The SMILES string of the molecule is Cc1ccc(C2=NN(C(=O)COc3ccc(C4CCCCC4)cc3)[C@@](O)(C(F)(F)C(F)(F)C(F)(F)F)C2)cc1. The van der Waals surface area contributed by atoms with Crippen molar-refractivity contribution in [2.75, 3.05) is 6.61 Å². The van der Waals surface area contributed by atoms with E-state index in [9.17, 15) is 40.6 Å². The molecular formula is C27H27F7N2O3. The van der Waals surface area contributed by atoms with E-state index in [4.69, 9.17) is 4.74 Å². The van der Waals surface area contributed by atoms with Crippen molar-refractivity contribution < 1.29 is 45.4 Å². The third-order valence-electron chi connectivity index (χ3n) is 7.18. The second-order valence-corrected chi connectivity index (χ2v) is 9.95. The maximum absolute atomic E-state index is 14.9. The number of carbonyl (C=O) groups is 1. The number of halogens is 7. The van der Waals surface area contributed by atoms with Crippen LogP contribution in [0.1, 0.15) is 61.1 Å². The molecule has 0 radical (unpaired) electrons. The van der Waals surface area contributed by atoms with Gasteiger partial charge in [-0.15, -0.1) is 0 Å². The first-order valence-electron chi connectivity index (χ1n) is 12.4. The molecule has 1 fully saturated rings. The van der Waals surface area contributed by atoms with Crippen LogP contribution < -0.4 is 4.74 Å². The van der Waals surface area contributed by atoms with Crippen LogP contribution in [0.15, 0.2) is 53.6 Å². The van der Waals surface area contributed by atoms with Gasteiger partial charge in [-0.25, -0.2) is 0 Å². The number of carbonyl (C=O) groups excluding carboxylic acids is 1. The fourth-order valence-electron chi connectivity index (χ4n) is 4.87. The molecule has 5 nitrogen and oxygen atoms in total. The van der Waals surface area contributed by atoms with Gasteiger partial charge in [0, 0.05) is 6.42 Å². The number of nitrogens with zero attached hydrogens (tertiary/aromatic N) is 2. The highest BCUT2D eigenvalue weighted by molar-refractivity contribution is 6.03. The number of rotatable bonds is 7. The number of ether oxygens (including phenoxy) is 1. The molecule has 212 valence electrons. The van der Waals surface area contributed by atoms with Crippen molar-refractivity contribution in [2.24, 2.45) is 5.10 Å². The van der Waals surface area contributed by atoms with Crippen molar-refractivity contribution in [1.82, 2.24) is 5.01 Å². The number of hydrazone groups is 1. The van der Waals surface area contributed by atoms with Crippen LogP contribution in [-0.4, -0.2) is 52.1 Å². The Hall–Kier alpha value is -3.15. The lowest BCUT2D eigenvalue weighted by molar-refractivity contribution is -0.401. The monoisotopic (exact) mass is 560 g/mol. The Labute approximate surface area is 220 Å². The lowest BCUT2D eigenvalue weighted by Crippen LogP contribution is -2.69. The molecule has 1 aliphatic heterocycles. The van der Waals surface area contributed by atoms with Crippen LogP contribution in [0.3, 0.4) is 0 Å². The minimum absolute atomic E-state index is 0.0552. The number of benzene rings is 2. The van der Waals surface area contributed by atoms with Gasteiger partial charge in [0.25, 0.3) is 5.91 Å². The summed E-state index contributed by atoms with van der Waals surface area (Å²) in [6.45, 7) is 0.646. The van der Waals surface area contributed by atoms with Gasteiger partial charge in [0.05, 0.1) is 5.71 Å². The number of alkyl halides is 7. The zero-order valence-corrected chi connectivity index (χ0v) is 20.9. The maximum Gasteiger partial charge on any atom is 0.460 e. The molecule has 12 heteroatoms. The molecule has 0 saturated heterocycles. The van der Waals surface area contributed by atoms with E-state index < -0.39 is 53.4 Å². The lowest BCUT2D eigenvalue weighted by atomic mass is 9.84. The molecule has 1 N–H and O–H groups in total. The Morgan fingerprint density at radius 3 is 2.13 bits per heavy atom. The molecule has 2 aliphatic rings. The average Bonchev–Trinajstić information content (AvgIpc) is 3.27. The molecule has 39 heavy (non-hydrogen) atoms. The first-order valence-corrected chi connectivity index (χ1v) is 12.4. The van der Waals surface area contributed by atoms with E-state index in [1.54, 1.807) is 31.2 Å². The van der Waals surface area contributed by atoms with Gasteiger partial charge >= 0.3 is 18.0 Å². The third kappa shape index (κ3) is 5.35. The first kappa shape index (κ1) is 28.8. The first-order chi connectivity index (χ1) is 18.2. The molecule has 1 aliphatic carbocycles. The van der Waals surface area contributed by atoms with Crippen LogP contribution in [0.25, 0.3) is 0 Å². The summed E-state index contributed by atoms with van der Waals surface area (Å²) in [6.07, 6.45) is -2.74. The van der Waals surface area contributed by atoms with Gasteiger partial charge in [-0.1, -0.05) is 61.2 Å². The molecule has 4 rings (SSSR count). The molecule has 2 aromatic carbocycles. The van der Waals surface area contributed by atoms with Crippen LogP contribution in [0.5, 0.6) is 5.75 Å². The maximum atomic E-state index is 14.9. The molecule has 0 spiro atoms. The Balaban J connectivity index is 1.59. The number of amides is 1. The van der Waals surface area contributed by atoms with Crippen molar-refractivity contribution >= 4 is 11.6 Å². The highest BCUT2D eigenvalue weighted by Gasteiger charge is 2.82. The number of hydrogen-bond donors (Lipinski definition) is 1. The van der Waals surface area contributed by atoms with Crippen LogP contribution in [0.4, 0.5) is 30.7 Å². The minimum atomic E-state index is -6.72. The molecule has 1 saturated carbocycles. The fraction of sp³-hybridized carbons (Fsp3) is 0.481. The van der Waals surface area contributed by atoms with Gasteiger partial charge in [0.15, 0.2) is 6.61 Å². The summed E-state index contributed by atoms with van der Waals surface area (Å²) in [4.78, 5) is 12.9. The van der Waals surface area contributed by atoms with Crippen molar-refractivity contribution in [3.63, 3.8) is 0 Å². The standard InChI is InChI=1S/C27H27F7N2O3/c1-17-7-9-20(10-8-17)22-15-24(38,25(28,29)26(30,31)27(32,33)34)36(35-22)23(37)16-39-21-13-11-19(12-14-21)18-5-3-2-4-6-18/h7-14,18,38H,2-6,15-16H2,1H3/t24-/m0/s1. The Morgan fingerprint density at radius 2 is 1.56 bits per heavy atom. The normalized spacial score (nSPS) is 21.2. The van der Waals surface area contributed by atoms with E-state index in [0.717, 1.165) is 36.8 Å². The minimum Gasteiger partial charge on any atom is -0.484 e. The van der Waals surface area contributed by atoms with Crippen LogP contribution >= 0.6 is 0 Å². The summed E-state index contributed by atoms with van der Waals surface area (Å²) in [5.41, 5.74) is -2.95. The van der Waals surface area contributed by atoms with Crippen LogP contribution in [0.2, 0.25) is 0 Å². The number of aliphatic hydroxyl groups is 1. The quantitative estimate of drug-likeness (QED) is 0.389. The highest BCUT2D eigenvalue weighted by Crippen LogP contribution is 2.54. The Kier molecular flexibility index (Phi) is 7.72. The predicted molar refractivity (Wildman–Crippen MR) is 128 cm³/mol. The summed E-state index contributed by atoms with van der Waals surface area (Å²) >= 11 is 0. The largest absolute Gasteiger partial charge is 0.484 e. The molecule has 1 amide bonds. The van der Waals surface area contributed by atoms with Crippen LogP contribution in [0, 0.1) is 6.92 Å². The van der Waals surface area contributed by atoms with Gasteiger partial charge in [0.1, 0.15) is 5.75 Å². The van der Waals surface area contributed by atoms with E-state index in [0.29, 0.717) is 5.92 Å². The summed E-state index contributed by atoms with van der Waals surface area (Å²) < 4.78 is 102. The molecule has 1 heterocycles. The van der Waals surface area contributed by atoms with Gasteiger partial charge in [-0.2, -0.15) is 40.8 Å². The van der Waals surface area contributed by atoms with Gasteiger partial charge in [-0.05, 0) is 48.9 Å². The van der Waals surface area contributed by atoms with E-state index in [1.807, 2.05) is 0 Å². The average molecular weight is 561 g/mol. The van der Waals surface area contributed by atoms with Crippen LogP contribution in [-0.2, 0) is 4.79 Å². The number of aryl methyl sites for hydroxylation is 1. The summed E-state index contributed by atoms with van der Waals surface area (Å²) in [5, 5.41) is 13.9. The van der Waals surface area contributed by atoms with Gasteiger partial charge in [0.2, 0.25) is 5.72 Å². The smallest absolute Gasteiger partial charge is 0.460 e. The summed E-state index contributed by atoms with van der Waals surface area (Å²) in [6, 6.07) is 12.4. The number of hydrogen-bond acceptors (Lipinski definition) is 4. The van der Waals surface area contributed by atoms with E-state index in [-0.39, 0.29) is 11.3 Å². The topological polar surface area (TPSA) is 62.1 Å².